The molecular weight excluding hydrogens is 436 g/mol. The number of methoxy groups -OCH3 is 1. The van der Waals surface area contributed by atoms with Gasteiger partial charge in [-0.25, -0.2) is 8.42 Å². The van der Waals surface area contributed by atoms with Crippen molar-refractivity contribution in [3.63, 3.8) is 0 Å². The molecule has 2 aromatic rings. The molecule has 0 unspecified atom stereocenters. The minimum Gasteiger partial charge on any atom is -0.497 e. The highest BCUT2D eigenvalue weighted by atomic mass is 79.9. The molecule has 0 aliphatic carbocycles. The first-order valence-corrected chi connectivity index (χ1v) is 10.7. The van der Waals surface area contributed by atoms with Crippen LogP contribution in [-0.4, -0.2) is 47.4 Å². The molecule has 0 aliphatic rings. The molecule has 0 saturated carbocycles. The summed E-state index contributed by atoms with van der Waals surface area (Å²) < 4.78 is 36.5. The number of ether oxygens (including phenoxy) is 2. The summed E-state index contributed by atoms with van der Waals surface area (Å²) in [5.74, 6) is 0.962. The molecule has 2 aromatic carbocycles. The van der Waals surface area contributed by atoms with E-state index in [9.17, 15) is 13.2 Å². The van der Waals surface area contributed by atoms with Crippen LogP contribution in [-0.2, 0) is 14.8 Å². The van der Waals surface area contributed by atoms with E-state index >= 15 is 0 Å². The third-order valence-corrected chi connectivity index (χ3v) is 5.22. The molecule has 0 heterocycles. The number of anilines is 1. The number of hydrogen-bond acceptors (Lipinski definition) is 5. The molecule has 0 atom stereocenters. The van der Waals surface area contributed by atoms with Crippen molar-refractivity contribution >= 4 is 37.5 Å². The lowest BCUT2D eigenvalue weighted by molar-refractivity contribution is -0.119. The molecule has 7 nitrogen and oxygen atoms in total. The summed E-state index contributed by atoms with van der Waals surface area (Å²) >= 11 is 3.30. The number of benzene rings is 2. The molecule has 0 saturated heterocycles. The maximum Gasteiger partial charge on any atom is 0.240 e. The quantitative estimate of drug-likeness (QED) is 0.585. The number of hydrogen-bond donors (Lipinski definition) is 1. The number of sulfonamides is 1. The molecule has 1 N–H and O–H groups in total. The van der Waals surface area contributed by atoms with Gasteiger partial charge in [0.2, 0.25) is 15.9 Å². The van der Waals surface area contributed by atoms with Crippen molar-refractivity contribution in [2.75, 3.05) is 37.4 Å². The summed E-state index contributed by atoms with van der Waals surface area (Å²) in [6.45, 7) is 0.209. The summed E-state index contributed by atoms with van der Waals surface area (Å²) in [6, 6.07) is 13.8. The Morgan fingerprint density at radius 3 is 2.22 bits per heavy atom. The van der Waals surface area contributed by atoms with Gasteiger partial charge in [-0.05, 0) is 48.5 Å². The van der Waals surface area contributed by atoms with E-state index < -0.39 is 15.9 Å². The summed E-state index contributed by atoms with van der Waals surface area (Å²) in [4.78, 5) is 12.1. The van der Waals surface area contributed by atoms with Gasteiger partial charge >= 0.3 is 0 Å². The molecule has 0 bridgehead atoms. The van der Waals surface area contributed by atoms with E-state index in [0.717, 1.165) is 20.8 Å². The van der Waals surface area contributed by atoms with Gasteiger partial charge in [0.25, 0.3) is 0 Å². The van der Waals surface area contributed by atoms with Crippen LogP contribution in [0.25, 0.3) is 0 Å². The normalized spacial score (nSPS) is 10.9. The summed E-state index contributed by atoms with van der Waals surface area (Å²) in [6.07, 6.45) is 1.06. The van der Waals surface area contributed by atoms with E-state index in [1.54, 1.807) is 55.6 Å². The largest absolute Gasteiger partial charge is 0.497 e. The maximum absolute atomic E-state index is 12.1. The van der Waals surface area contributed by atoms with Crippen LogP contribution in [0.1, 0.15) is 0 Å². The van der Waals surface area contributed by atoms with Crippen LogP contribution < -0.4 is 19.1 Å². The Labute approximate surface area is 167 Å². The highest BCUT2D eigenvalue weighted by Gasteiger charge is 2.20. The average Bonchev–Trinajstić information content (AvgIpc) is 2.64. The minimum atomic E-state index is -3.59. The summed E-state index contributed by atoms with van der Waals surface area (Å²) in [7, 11) is -2.01. The van der Waals surface area contributed by atoms with Crippen LogP contribution in [0.2, 0.25) is 0 Å². The number of carbonyl (C=O) groups is 1. The van der Waals surface area contributed by atoms with Crippen molar-refractivity contribution in [1.29, 1.82) is 0 Å². The van der Waals surface area contributed by atoms with Gasteiger partial charge in [0.15, 0.2) is 0 Å². The van der Waals surface area contributed by atoms with Crippen LogP contribution in [0.5, 0.6) is 11.5 Å². The van der Waals surface area contributed by atoms with Crippen molar-refractivity contribution in [2.24, 2.45) is 0 Å². The number of nitrogens with one attached hydrogen (secondary N) is 1. The molecular formula is C18H21BrN2O5S. The molecule has 9 heteroatoms. The van der Waals surface area contributed by atoms with Crippen molar-refractivity contribution in [3.8, 4) is 11.5 Å². The topological polar surface area (TPSA) is 84.9 Å². The lowest BCUT2D eigenvalue weighted by Gasteiger charge is -2.22. The molecule has 2 rings (SSSR count). The lowest BCUT2D eigenvalue weighted by Crippen LogP contribution is -2.41. The first-order chi connectivity index (χ1) is 12.8. The Bertz CT molecular complexity index is 854. The van der Waals surface area contributed by atoms with Gasteiger partial charge < -0.3 is 14.8 Å². The Hall–Kier alpha value is -2.26. The highest BCUT2D eigenvalue weighted by Crippen LogP contribution is 2.20. The first kappa shape index (κ1) is 21.0. The van der Waals surface area contributed by atoms with Gasteiger partial charge in [0, 0.05) is 4.47 Å². The van der Waals surface area contributed by atoms with Gasteiger partial charge in [-0.3, -0.25) is 9.10 Å². The van der Waals surface area contributed by atoms with Crippen molar-refractivity contribution in [3.05, 3.63) is 53.0 Å². The van der Waals surface area contributed by atoms with E-state index in [2.05, 4.69) is 21.2 Å². The predicted octanol–water partition coefficient (Wildman–Crippen LogP) is 2.42. The maximum atomic E-state index is 12.1. The molecule has 0 radical (unpaired) electrons. The smallest absolute Gasteiger partial charge is 0.240 e. The number of rotatable bonds is 9. The Morgan fingerprint density at radius 2 is 1.67 bits per heavy atom. The zero-order valence-corrected chi connectivity index (χ0v) is 17.4. The van der Waals surface area contributed by atoms with E-state index in [1.165, 1.54) is 0 Å². The van der Waals surface area contributed by atoms with E-state index in [1.807, 2.05) is 0 Å². The number of carbonyl (C=O) groups excluding carboxylic acids is 1. The van der Waals surface area contributed by atoms with E-state index in [4.69, 9.17) is 9.47 Å². The molecule has 0 aromatic heterocycles. The average molecular weight is 457 g/mol. The summed E-state index contributed by atoms with van der Waals surface area (Å²) in [5.41, 5.74) is 0.422. The van der Waals surface area contributed by atoms with Crippen molar-refractivity contribution < 1.29 is 22.7 Å². The third-order valence-electron chi connectivity index (χ3n) is 3.55. The monoisotopic (exact) mass is 456 g/mol. The van der Waals surface area contributed by atoms with Crippen molar-refractivity contribution in [1.82, 2.24) is 5.32 Å². The molecule has 0 fully saturated rings. The SMILES string of the molecule is COc1ccc(OCCNC(=O)CN(c2ccc(Br)cc2)S(C)(=O)=O)cc1. The van der Waals surface area contributed by atoms with Crippen LogP contribution in [0, 0.1) is 0 Å². The van der Waals surface area contributed by atoms with E-state index in [-0.39, 0.29) is 19.7 Å². The van der Waals surface area contributed by atoms with Gasteiger partial charge in [-0.15, -0.1) is 0 Å². The van der Waals surface area contributed by atoms with Gasteiger partial charge in [-0.1, -0.05) is 15.9 Å². The van der Waals surface area contributed by atoms with Gasteiger partial charge in [0.05, 0.1) is 25.6 Å². The number of amides is 1. The lowest BCUT2D eigenvalue weighted by atomic mass is 10.3. The van der Waals surface area contributed by atoms with Crippen LogP contribution in [0.15, 0.2) is 53.0 Å². The fourth-order valence-corrected chi connectivity index (χ4v) is 3.35. The van der Waals surface area contributed by atoms with Crippen LogP contribution in [0.3, 0.4) is 0 Å². The summed E-state index contributed by atoms with van der Waals surface area (Å²) in [5, 5.41) is 2.66. The first-order valence-electron chi connectivity index (χ1n) is 8.06. The van der Waals surface area contributed by atoms with E-state index in [0.29, 0.717) is 11.4 Å². The number of nitrogens with zero attached hydrogens (tertiary/aromatic N) is 1. The zero-order chi connectivity index (χ0) is 19.9. The van der Waals surface area contributed by atoms with Crippen LogP contribution >= 0.6 is 15.9 Å². The fraction of sp³-hybridized carbons (Fsp3) is 0.278. The Kier molecular flexibility index (Phi) is 7.49. The van der Waals surface area contributed by atoms with Crippen LogP contribution in [0.4, 0.5) is 5.69 Å². The molecule has 146 valence electrons. The second-order valence-corrected chi connectivity index (χ2v) is 8.44. The van der Waals surface area contributed by atoms with Gasteiger partial charge in [0.1, 0.15) is 24.7 Å². The highest BCUT2D eigenvalue weighted by molar-refractivity contribution is 9.10. The number of halogens is 1. The Balaban J connectivity index is 1.85. The molecule has 1 amide bonds. The predicted molar refractivity (Wildman–Crippen MR) is 108 cm³/mol. The fourth-order valence-electron chi connectivity index (χ4n) is 2.22. The zero-order valence-electron chi connectivity index (χ0n) is 15.0. The molecule has 0 aliphatic heterocycles. The third kappa shape index (κ3) is 6.76. The molecule has 27 heavy (non-hydrogen) atoms. The second kappa shape index (κ2) is 9.61. The Morgan fingerprint density at radius 1 is 1.07 bits per heavy atom. The second-order valence-electron chi connectivity index (χ2n) is 5.62. The van der Waals surface area contributed by atoms with Crippen molar-refractivity contribution in [2.45, 2.75) is 0 Å². The molecule has 0 spiro atoms. The standard InChI is InChI=1S/C18H21BrN2O5S/c1-25-16-7-9-17(10-8-16)26-12-11-20-18(22)13-21(27(2,23)24)15-5-3-14(19)4-6-15/h3-10H,11-13H2,1-2H3,(H,20,22). The minimum absolute atomic E-state index is 0.253. The van der Waals surface area contributed by atoms with Gasteiger partial charge in [-0.2, -0.15) is 0 Å².